The number of phenolic OH excluding ortho intramolecular Hbond substituents is 1. The molecule has 2 aromatic heterocycles. The van der Waals surface area contributed by atoms with Crippen LogP contribution in [0.3, 0.4) is 0 Å². The largest absolute Gasteiger partial charge is 0.508 e. The van der Waals surface area contributed by atoms with Gasteiger partial charge in [0, 0.05) is 37.5 Å². The zero-order valence-electron chi connectivity index (χ0n) is 25.3. The van der Waals surface area contributed by atoms with Gasteiger partial charge < -0.3 is 20.2 Å². The molecule has 2 N–H and O–H groups in total. The lowest BCUT2D eigenvalue weighted by Gasteiger charge is -2.55. The highest BCUT2D eigenvalue weighted by atomic mass is 16.3. The number of piperazine rings is 1. The minimum Gasteiger partial charge on any atom is -0.508 e. The maximum Gasteiger partial charge on any atom is 0.334 e. The van der Waals surface area contributed by atoms with Crippen molar-refractivity contribution < 1.29 is 19.5 Å². The molecule has 11 nitrogen and oxygen atoms in total. The van der Waals surface area contributed by atoms with Gasteiger partial charge >= 0.3 is 6.03 Å². The van der Waals surface area contributed by atoms with E-state index in [0.29, 0.717) is 12.2 Å². The Kier molecular flexibility index (Phi) is 9.02. The van der Waals surface area contributed by atoms with E-state index >= 15 is 0 Å². The van der Waals surface area contributed by atoms with Gasteiger partial charge in [-0.1, -0.05) is 54.6 Å². The second-order valence-corrected chi connectivity index (χ2v) is 11.3. The Labute approximate surface area is 267 Å². The monoisotopic (exact) mass is 617 g/mol. The molecule has 11 heteroatoms. The van der Waals surface area contributed by atoms with Gasteiger partial charge in [-0.2, -0.15) is 0 Å². The van der Waals surface area contributed by atoms with Crippen LogP contribution in [-0.4, -0.2) is 84.6 Å². The molecule has 0 radical (unpaired) electrons. The van der Waals surface area contributed by atoms with E-state index in [0.717, 1.165) is 22.4 Å². The maximum atomic E-state index is 14.2. The van der Waals surface area contributed by atoms with Gasteiger partial charge in [-0.15, -0.1) is 6.58 Å². The number of benzene rings is 2. The average molecular weight is 618 g/mol. The summed E-state index contributed by atoms with van der Waals surface area (Å²) in [4.78, 5) is 54.2. The molecule has 0 saturated carbocycles. The predicted molar refractivity (Wildman–Crippen MR) is 171 cm³/mol. The number of amides is 4. The number of aromatic hydroxyl groups is 1. The van der Waals surface area contributed by atoms with Gasteiger partial charge in [0.25, 0.3) is 0 Å². The number of hydrogen-bond acceptors (Lipinski definition) is 7. The number of hydrazine groups is 1. The lowest BCUT2D eigenvalue weighted by molar-refractivity contribution is -0.189. The lowest BCUT2D eigenvalue weighted by Crippen LogP contribution is -2.76. The summed E-state index contributed by atoms with van der Waals surface area (Å²) in [7, 11) is 0. The summed E-state index contributed by atoms with van der Waals surface area (Å²) in [6.45, 7) is 4.58. The number of pyridine rings is 2. The molecule has 2 aliphatic rings. The molecule has 2 atom stereocenters. The first kappa shape index (κ1) is 30.5. The highest BCUT2D eigenvalue weighted by molar-refractivity contribution is 5.91. The molecule has 4 heterocycles. The minimum atomic E-state index is -0.882. The van der Waals surface area contributed by atoms with Gasteiger partial charge in [-0.05, 0) is 47.5 Å². The van der Waals surface area contributed by atoms with Crippen LogP contribution in [0, 0.1) is 0 Å². The Balaban J connectivity index is 1.34. The normalized spacial score (nSPS) is 18.3. The van der Waals surface area contributed by atoms with Crippen LogP contribution in [0.1, 0.15) is 16.8 Å². The van der Waals surface area contributed by atoms with E-state index in [1.165, 1.54) is 0 Å². The molecule has 4 aromatic rings. The molecule has 2 fully saturated rings. The molecule has 46 heavy (non-hydrogen) atoms. The summed E-state index contributed by atoms with van der Waals surface area (Å²) in [5, 5.41) is 16.1. The number of urea groups is 1. The van der Waals surface area contributed by atoms with Crippen LogP contribution in [-0.2, 0) is 29.1 Å². The van der Waals surface area contributed by atoms with E-state index < -0.39 is 12.2 Å². The second-order valence-electron chi connectivity index (χ2n) is 11.3. The zero-order valence-corrected chi connectivity index (χ0v) is 25.3. The van der Waals surface area contributed by atoms with E-state index in [9.17, 15) is 19.5 Å². The molecule has 2 unspecified atom stereocenters. The standard InChI is InChI=1S/C35H35N7O4/c1-2-18-40-24-33(44)41-31(19-25-13-15-29(43)16-14-25)34(45)39(22-28-11-6-12-30(38-28)27-10-7-17-36-21-27)23-32(41)42(40)35(46)37-20-26-8-4-3-5-9-26/h2-17,21,31-32,43H,1,18-20,22-24H2,(H,37,46). The van der Waals surface area contributed by atoms with Crippen molar-refractivity contribution in [3.63, 3.8) is 0 Å². The molecule has 0 bridgehead atoms. The van der Waals surface area contributed by atoms with Crippen molar-refractivity contribution >= 4 is 17.8 Å². The molecular formula is C35H35N7O4. The Bertz CT molecular complexity index is 1700. The van der Waals surface area contributed by atoms with Crippen molar-refractivity contribution in [1.82, 2.24) is 35.1 Å². The summed E-state index contributed by atoms with van der Waals surface area (Å²) >= 11 is 0. The molecule has 2 saturated heterocycles. The highest BCUT2D eigenvalue weighted by Crippen LogP contribution is 2.30. The van der Waals surface area contributed by atoms with Gasteiger partial charge in [-0.3, -0.25) is 19.6 Å². The fourth-order valence-corrected chi connectivity index (χ4v) is 5.99. The van der Waals surface area contributed by atoms with Gasteiger partial charge in [0.1, 0.15) is 18.0 Å². The number of fused-ring (bicyclic) bond motifs is 1. The Morgan fingerprint density at radius 1 is 0.978 bits per heavy atom. The SMILES string of the molecule is C=CCN1CC(=O)N2C(Cc3ccc(O)cc3)C(=O)N(Cc3cccc(-c4cccnc4)n3)CC2N1C(=O)NCc1ccccc1. The summed E-state index contributed by atoms with van der Waals surface area (Å²) in [5.74, 6) is -0.395. The molecule has 6 rings (SSSR count). The quantitative estimate of drug-likeness (QED) is 0.275. The van der Waals surface area contributed by atoms with E-state index in [1.54, 1.807) is 62.6 Å². The van der Waals surface area contributed by atoms with E-state index in [2.05, 4.69) is 16.9 Å². The number of carbonyl (C=O) groups excluding carboxylic acids is 3. The maximum absolute atomic E-state index is 14.2. The number of hydrogen-bond donors (Lipinski definition) is 2. The van der Waals surface area contributed by atoms with Crippen molar-refractivity contribution in [3.8, 4) is 17.0 Å². The number of aromatic nitrogens is 2. The number of phenols is 1. The van der Waals surface area contributed by atoms with Crippen molar-refractivity contribution in [1.29, 1.82) is 0 Å². The van der Waals surface area contributed by atoms with Crippen molar-refractivity contribution in [2.45, 2.75) is 31.7 Å². The first-order valence-corrected chi connectivity index (χ1v) is 15.1. The topological polar surface area (TPSA) is 122 Å². The number of nitrogens with one attached hydrogen (secondary N) is 1. The van der Waals surface area contributed by atoms with Gasteiger partial charge in [0.15, 0.2) is 0 Å². The molecule has 0 aliphatic carbocycles. The third-order valence-corrected chi connectivity index (χ3v) is 8.15. The Morgan fingerprint density at radius 3 is 2.52 bits per heavy atom. The smallest absolute Gasteiger partial charge is 0.334 e. The molecule has 0 spiro atoms. The van der Waals surface area contributed by atoms with Crippen LogP contribution in [0.4, 0.5) is 4.79 Å². The third kappa shape index (κ3) is 6.59. The van der Waals surface area contributed by atoms with Crippen molar-refractivity contribution in [2.24, 2.45) is 0 Å². The predicted octanol–water partition coefficient (Wildman–Crippen LogP) is 3.59. The van der Waals surface area contributed by atoms with Gasteiger partial charge in [-0.25, -0.2) is 14.8 Å². The fourth-order valence-electron chi connectivity index (χ4n) is 5.99. The molecular weight excluding hydrogens is 582 g/mol. The van der Waals surface area contributed by atoms with Crippen molar-refractivity contribution in [3.05, 3.63) is 127 Å². The number of rotatable bonds is 9. The van der Waals surface area contributed by atoms with Gasteiger partial charge in [0.2, 0.25) is 11.8 Å². The second kappa shape index (κ2) is 13.6. The molecule has 2 aliphatic heterocycles. The highest BCUT2D eigenvalue weighted by Gasteiger charge is 2.51. The van der Waals surface area contributed by atoms with Crippen LogP contribution in [0.2, 0.25) is 0 Å². The third-order valence-electron chi connectivity index (χ3n) is 8.15. The summed E-state index contributed by atoms with van der Waals surface area (Å²) in [6, 6.07) is 24.3. The van der Waals surface area contributed by atoms with Crippen LogP contribution in [0.5, 0.6) is 5.75 Å². The van der Waals surface area contributed by atoms with Crippen LogP contribution in [0.25, 0.3) is 11.3 Å². The van der Waals surface area contributed by atoms with Crippen molar-refractivity contribution in [2.75, 3.05) is 19.6 Å². The number of nitrogens with zero attached hydrogens (tertiary/aromatic N) is 6. The van der Waals surface area contributed by atoms with E-state index in [-0.39, 0.29) is 56.2 Å². The summed E-state index contributed by atoms with van der Waals surface area (Å²) < 4.78 is 0. The fraction of sp³-hybridized carbons (Fsp3) is 0.229. The lowest BCUT2D eigenvalue weighted by atomic mass is 9.98. The summed E-state index contributed by atoms with van der Waals surface area (Å²) in [5.41, 5.74) is 3.95. The molecule has 4 amide bonds. The minimum absolute atomic E-state index is 0.0852. The first-order valence-electron chi connectivity index (χ1n) is 15.1. The van der Waals surface area contributed by atoms with Crippen LogP contribution < -0.4 is 5.32 Å². The molecule has 2 aromatic carbocycles. The van der Waals surface area contributed by atoms with Crippen LogP contribution >= 0.6 is 0 Å². The van der Waals surface area contributed by atoms with E-state index in [4.69, 9.17) is 4.98 Å². The van der Waals surface area contributed by atoms with Gasteiger partial charge in [0.05, 0.1) is 31.0 Å². The van der Waals surface area contributed by atoms with E-state index in [1.807, 2.05) is 60.7 Å². The number of carbonyl (C=O) groups is 3. The van der Waals surface area contributed by atoms with Crippen LogP contribution in [0.15, 0.2) is 110 Å². The molecule has 234 valence electrons. The Hall–Kier alpha value is -5.55. The zero-order chi connectivity index (χ0) is 32.0. The summed E-state index contributed by atoms with van der Waals surface area (Å²) in [6.07, 6.45) is 4.51. The average Bonchev–Trinajstić information content (AvgIpc) is 3.07. The first-order chi connectivity index (χ1) is 22.4. The Morgan fingerprint density at radius 2 is 1.78 bits per heavy atom.